The number of ether oxygens (including phenoxy) is 2. The molecule has 0 aliphatic carbocycles. The van der Waals surface area contributed by atoms with Gasteiger partial charge in [0, 0.05) is 17.0 Å². The lowest BCUT2D eigenvalue weighted by Gasteiger charge is -2.08. The molecule has 2 aromatic rings. The predicted octanol–water partition coefficient (Wildman–Crippen LogP) is 3.15. The van der Waals surface area contributed by atoms with Gasteiger partial charge in [-0.05, 0) is 48.0 Å². The van der Waals surface area contributed by atoms with E-state index < -0.39 is 5.97 Å². The Morgan fingerprint density at radius 2 is 1.83 bits per heavy atom. The van der Waals surface area contributed by atoms with Crippen molar-refractivity contribution >= 4 is 34.0 Å². The maximum atomic E-state index is 11.9. The minimum absolute atomic E-state index is 0.317. The Morgan fingerprint density at radius 3 is 2.46 bits per heavy atom. The van der Waals surface area contributed by atoms with E-state index in [0.717, 1.165) is 4.47 Å². The summed E-state index contributed by atoms with van der Waals surface area (Å²) in [5.41, 5.74) is 3.62. The van der Waals surface area contributed by atoms with E-state index >= 15 is 0 Å². The molecule has 1 amide bonds. The molecular formula is C17H15BrN2O4. The van der Waals surface area contributed by atoms with Crippen molar-refractivity contribution < 1.29 is 19.1 Å². The normalized spacial score (nSPS) is 10.5. The van der Waals surface area contributed by atoms with Crippen molar-refractivity contribution in [2.75, 3.05) is 7.11 Å². The van der Waals surface area contributed by atoms with Crippen molar-refractivity contribution in [3.63, 3.8) is 0 Å². The molecule has 0 radical (unpaired) electrons. The zero-order chi connectivity index (χ0) is 17.5. The third kappa shape index (κ3) is 4.92. The van der Waals surface area contributed by atoms with Gasteiger partial charge in [-0.15, -0.1) is 0 Å². The van der Waals surface area contributed by atoms with E-state index in [2.05, 4.69) is 26.5 Å². The minimum atomic E-state index is -0.434. The summed E-state index contributed by atoms with van der Waals surface area (Å²) in [5, 5.41) is 3.91. The monoisotopic (exact) mass is 390 g/mol. The Balaban J connectivity index is 2.04. The molecule has 24 heavy (non-hydrogen) atoms. The van der Waals surface area contributed by atoms with Crippen LogP contribution >= 0.6 is 15.9 Å². The van der Waals surface area contributed by atoms with E-state index in [1.54, 1.807) is 42.5 Å². The zero-order valence-corrected chi connectivity index (χ0v) is 14.7. The van der Waals surface area contributed by atoms with E-state index in [-0.39, 0.29) is 5.91 Å². The second-order valence-electron chi connectivity index (χ2n) is 4.71. The number of hydrogen-bond acceptors (Lipinski definition) is 5. The molecule has 0 saturated heterocycles. The van der Waals surface area contributed by atoms with Gasteiger partial charge >= 0.3 is 5.97 Å². The van der Waals surface area contributed by atoms with Gasteiger partial charge in [-0.2, -0.15) is 5.10 Å². The van der Waals surface area contributed by atoms with Gasteiger partial charge in [-0.1, -0.05) is 15.9 Å². The molecule has 2 aromatic carbocycles. The molecule has 7 heteroatoms. The Labute approximate surface area is 147 Å². The first-order valence-corrected chi connectivity index (χ1v) is 7.74. The molecule has 0 unspecified atom stereocenters. The first kappa shape index (κ1) is 17.7. The van der Waals surface area contributed by atoms with Crippen molar-refractivity contribution in [2.45, 2.75) is 6.92 Å². The quantitative estimate of drug-likeness (QED) is 0.368. The number of methoxy groups -OCH3 is 1. The largest absolute Gasteiger partial charge is 0.493 e. The SMILES string of the molecule is COc1cc(C=NNC(=O)c2ccc(Br)cc2)ccc1OC(C)=O. The summed E-state index contributed by atoms with van der Waals surface area (Å²) in [4.78, 5) is 22.9. The number of nitrogens with zero attached hydrogens (tertiary/aromatic N) is 1. The number of amides is 1. The van der Waals surface area contributed by atoms with Crippen LogP contribution in [0, 0.1) is 0 Å². The Kier molecular flexibility index (Phi) is 6.08. The van der Waals surface area contributed by atoms with E-state index in [4.69, 9.17) is 9.47 Å². The maximum absolute atomic E-state index is 11.9. The fourth-order valence-corrected chi connectivity index (χ4v) is 2.10. The Morgan fingerprint density at radius 1 is 1.12 bits per heavy atom. The van der Waals surface area contributed by atoms with Gasteiger partial charge in [0.15, 0.2) is 11.5 Å². The fraction of sp³-hybridized carbons (Fsp3) is 0.118. The number of hydrogen-bond donors (Lipinski definition) is 1. The van der Waals surface area contributed by atoms with Crippen LogP contribution in [0.2, 0.25) is 0 Å². The summed E-state index contributed by atoms with van der Waals surface area (Å²) in [5.74, 6) is -0.0341. The van der Waals surface area contributed by atoms with Crippen LogP contribution in [-0.4, -0.2) is 25.2 Å². The van der Waals surface area contributed by atoms with Crippen LogP contribution < -0.4 is 14.9 Å². The lowest BCUT2D eigenvalue weighted by Crippen LogP contribution is -2.17. The van der Waals surface area contributed by atoms with Gasteiger partial charge in [-0.3, -0.25) is 9.59 Å². The summed E-state index contributed by atoms with van der Waals surface area (Å²) < 4.78 is 11.1. The molecule has 0 heterocycles. The van der Waals surface area contributed by atoms with Crippen LogP contribution in [-0.2, 0) is 4.79 Å². The molecule has 124 valence electrons. The zero-order valence-electron chi connectivity index (χ0n) is 13.1. The highest BCUT2D eigenvalue weighted by molar-refractivity contribution is 9.10. The van der Waals surface area contributed by atoms with Crippen molar-refractivity contribution in [1.82, 2.24) is 5.43 Å². The second kappa shape index (κ2) is 8.26. The summed E-state index contributed by atoms with van der Waals surface area (Å²) in [6.07, 6.45) is 1.47. The highest BCUT2D eigenvalue weighted by atomic mass is 79.9. The van der Waals surface area contributed by atoms with Crippen LogP contribution in [0.5, 0.6) is 11.5 Å². The molecule has 0 aromatic heterocycles. The highest BCUT2D eigenvalue weighted by Crippen LogP contribution is 2.27. The minimum Gasteiger partial charge on any atom is -0.493 e. The molecule has 6 nitrogen and oxygen atoms in total. The van der Waals surface area contributed by atoms with E-state index in [9.17, 15) is 9.59 Å². The van der Waals surface area contributed by atoms with Gasteiger partial charge in [0.25, 0.3) is 5.91 Å². The van der Waals surface area contributed by atoms with Gasteiger partial charge in [-0.25, -0.2) is 5.43 Å². The number of rotatable bonds is 5. The van der Waals surface area contributed by atoms with Crippen LogP contribution in [0.1, 0.15) is 22.8 Å². The first-order chi connectivity index (χ1) is 11.5. The first-order valence-electron chi connectivity index (χ1n) is 6.95. The topological polar surface area (TPSA) is 77.0 Å². The lowest BCUT2D eigenvalue weighted by molar-refractivity contribution is -0.132. The van der Waals surface area contributed by atoms with Gasteiger partial charge in [0.1, 0.15) is 0 Å². The molecule has 0 atom stereocenters. The van der Waals surface area contributed by atoms with Crippen LogP contribution in [0.3, 0.4) is 0 Å². The van der Waals surface area contributed by atoms with E-state index in [1.165, 1.54) is 20.2 Å². The molecule has 0 fully saturated rings. The smallest absolute Gasteiger partial charge is 0.308 e. The van der Waals surface area contributed by atoms with E-state index in [1.807, 2.05) is 0 Å². The molecule has 0 aliphatic heterocycles. The number of hydrazone groups is 1. The standard InChI is InChI=1S/C17H15BrN2O4/c1-11(21)24-15-8-3-12(9-16(15)23-2)10-19-20-17(22)13-4-6-14(18)7-5-13/h3-10H,1-2H3,(H,20,22). The summed E-state index contributed by atoms with van der Waals surface area (Å²) >= 11 is 3.31. The summed E-state index contributed by atoms with van der Waals surface area (Å²) in [6, 6.07) is 11.9. The molecule has 0 aliphatic rings. The molecule has 0 bridgehead atoms. The summed E-state index contributed by atoms with van der Waals surface area (Å²) in [6.45, 7) is 1.31. The van der Waals surface area contributed by atoms with Crippen LogP contribution in [0.25, 0.3) is 0 Å². The van der Waals surface area contributed by atoms with Gasteiger partial charge in [0.2, 0.25) is 0 Å². The number of carbonyl (C=O) groups is 2. The molecule has 2 rings (SSSR count). The molecule has 0 saturated carbocycles. The molecular weight excluding hydrogens is 376 g/mol. The van der Waals surface area contributed by atoms with E-state index in [0.29, 0.717) is 22.6 Å². The number of carbonyl (C=O) groups excluding carboxylic acids is 2. The number of halogens is 1. The van der Waals surface area contributed by atoms with Crippen LogP contribution in [0.4, 0.5) is 0 Å². The second-order valence-corrected chi connectivity index (χ2v) is 5.63. The van der Waals surface area contributed by atoms with Crippen molar-refractivity contribution in [3.05, 3.63) is 58.1 Å². The van der Waals surface area contributed by atoms with Gasteiger partial charge < -0.3 is 9.47 Å². The number of esters is 1. The van der Waals surface area contributed by atoms with Crippen molar-refractivity contribution in [2.24, 2.45) is 5.10 Å². The average Bonchev–Trinajstić information content (AvgIpc) is 2.56. The Hall–Kier alpha value is -2.67. The highest BCUT2D eigenvalue weighted by Gasteiger charge is 2.07. The third-order valence-electron chi connectivity index (χ3n) is 2.93. The predicted molar refractivity (Wildman–Crippen MR) is 93.5 cm³/mol. The number of nitrogens with one attached hydrogen (secondary N) is 1. The third-order valence-corrected chi connectivity index (χ3v) is 3.46. The van der Waals surface area contributed by atoms with Crippen molar-refractivity contribution in [3.8, 4) is 11.5 Å². The average molecular weight is 391 g/mol. The molecule has 1 N–H and O–H groups in total. The van der Waals surface area contributed by atoms with Crippen LogP contribution in [0.15, 0.2) is 52.0 Å². The summed E-state index contributed by atoms with van der Waals surface area (Å²) in [7, 11) is 1.47. The lowest BCUT2D eigenvalue weighted by atomic mass is 10.2. The van der Waals surface area contributed by atoms with Gasteiger partial charge in [0.05, 0.1) is 13.3 Å². The Bertz CT molecular complexity index is 773. The number of benzene rings is 2. The van der Waals surface area contributed by atoms with Crippen molar-refractivity contribution in [1.29, 1.82) is 0 Å². The fourth-order valence-electron chi connectivity index (χ4n) is 1.83. The molecule has 0 spiro atoms. The maximum Gasteiger partial charge on any atom is 0.308 e.